The molecule has 1 aliphatic heterocycles. The number of anilines is 1. The van der Waals surface area contributed by atoms with E-state index in [0.717, 1.165) is 29.7 Å². The van der Waals surface area contributed by atoms with Crippen LogP contribution in [0, 0.1) is 6.92 Å². The Morgan fingerprint density at radius 1 is 1.06 bits per heavy atom. The minimum Gasteiger partial charge on any atom is -0.487 e. The fourth-order valence-electron chi connectivity index (χ4n) is 4.35. The number of rotatable bonds is 7. The lowest BCUT2D eigenvalue weighted by Crippen LogP contribution is -2.44. The first kappa shape index (κ1) is 25.1. The molecule has 1 heterocycles. The van der Waals surface area contributed by atoms with Gasteiger partial charge in [0, 0.05) is 23.2 Å². The molecule has 1 amide bonds. The van der Waals surface area contributed by atoms with Gasteiger partial charge in [0.25, 0.3) is 15.9 Å². The van der Waals surface area contributed by atoms with Crippen LogP contribution < -0.4 is 14.8 Å². The zero-order chi connectivity index (χ0) is 25.2. The van der Waals surface area contributed by atoms with Gasteiger partial charge in [0.15, 0.2) is 0 Å². The monoisotopic (exact) mass is 512 g/mol. The van der Waals surface area contributed by atoms with Gasteiger partial charge in [0.1, 0.15) is 16.2 Å². The molecule has 1 atom stereocenters. The van der Waals surface area contributed by atoms with Crippen molar-refractivity contribution in [1.82, 2.24) is 5.32 Å². The van der Waals surface area contributed by atoms with Crippen LogP contribution in [0.2, 0.25) is 5.02 Å². The highest BCUT2D eigenvalue weighted by Crippen LogP contribution is 2.42. The normalized spacial score (nSPS) is 16.6. The van der Waals surface area contributed by atoms with Crippen LogP contribution in [-0.2, 0) is 10.0 Å². The minimum absolute atomic E-state index is 0.0357. The quantitative estimate of drug-likeness (QED) is 0.391. The molecule has 0 fully saturated rings. The standard InChI is InChI=1S/C27H29ClN2O4S/c1-4-27(5-2)17-23(21-8-6-7-9-24(21)34-27)29-26(31)19-12-15-22(28)25(16-19)35(32,33)30-20-13-10-18(3)11-14-20/h6-16,23,30H,4-5,17H2,1-3H3,(H,29,31)/t23-/m0/s1. The zero-order valence-corrected chi connectivity index (χ0v) is 21.5. The molecule has 4 rings (SSSR count). The highest BCUT2D eigenvalue weighted by molar-refractivity contribution is 7.92. The first-order valence-electron chi connectivity index (χ1n) is 11.6. The van der Waals surface area contributed by atoms with Gasteiger partial charge in [-0.2, -0.15) is 0 Å². The van der Waals surface area contributed by atoms with E-state index in [-0.39, 0.29) is 33.0 Å². The van der Waals surface area contributed by atoms with E-state index in [2.05, 4.69) is 23.9 Å². The average Bonchev–Trinajstić information content (AvgIpc) is 2.85. The van der Waals surface area contributed by atoms with E-state index in [1.165, 1.54) is 18.2 Å². The van der Waals surface area contributed by atoms with Gasteiger partial charge < -0.3 is 10.1 Å². The summed E-state index contributed by atoms with van der Waals surface area (Å²) in [5, 5.41) is 3.13. The summed E-state index contributed by atoms with van der Waals surface area (Å²) in [6.45, 7) is 6.07. The fraction of sp³-hybridized carbons (Fsp3) is 0.296. The van der Waals surface area contributed by atoms with Crippen molar-refractivity contribution in [3.63, 3.8) is 0 Å². The Morgan fingerprint density at radius 3 is 2.43 bits per heavy atom. The van der Waals surface area contributed by atoms with Crippen LogP contribution in [0.1, 0.15) is 60.6 Å². The van der Waals surface area contributed by atoms with E-state index in [9.17, 15) is 13.2 Å². The third kappa shape index (κ3) is 5.31. The third-order valence-electron chi connectivity index (χ3n) is 6.58. The highest BCUT2D eigenvalue weighted by Gasteiger charge is 2.39. The van der Waals surface area contributed by atoms with E-state index in [4.69, 9.17) is 16.3 Å². The SMILES string of the molecule is CCC1(CC)C[C@H](NC(=O)c2ccc(Cl)c(S(=O)(=O)Nc3ccc(C)cc3)c2)c2ccccc2O1. The summed E-state index contributed by atoms with van der Waals surface area (Å²) in [7, 11) is -4.00. The Bertz CT molecular complexity index is 1340. The molecule has 0 aromatic heterocycles. The maximum Gasteiger partial charge on any atom is 0.263 e. The van der Waals surface area contributed by atoms with E-state index >= 15 is 0 Å². The fourth-order valence-corrected chi connectivity index (χ4v) is 5.94. The lowest BCUT2D eigenvalue weighted by atomic mass is 9.83. The lowest BCUT2D eigenvalue weighted by molar-refractivity contribution is 0.0227. The van der Waals surface area contributed by atoms with Crippen molar-refractivity contribution in [3.8, 4) is 5.75 Å². The number of benzene rings is 3. The number of halogens is 1. The van der Waals surface area contributed by atoms with Gasteiger partial charge in [-0.3, -0.25) is 9.52 Å². The molecule has 0 bridgehead atoms. The molecule has 0 unspecified atom stereocenters. The molecule has 1 aliphatic rings. The van der Waals surface area contributed by atoms with Crippen molar-refractivity contribution in [1.29, 1.82) is 0 Å². The van der Waals surface area contributed by atoms with Gasteiger partial charge in [-0.25, -0.2) is 8.42 Å². The predicted octanol–water partition coefficient (Wildman–Crippen LogP) is 6.26. The van der Waals surface area contributed by atoms with Gasteiger partial charge in [0.2, 0.25) is 0 Å². The van der Waals surface area contributed by atoms with Crippen molar-refractivity contribution in [2.45, 2.75) is 56.6 Å². The number of carbonyl (C=O) groups is 1. The number of nitrogens with one attached hydrogen (secondary N) is 2. The van der Waals surface area contributed by atoms with E-state index in [1.807, 2.05) is 43.3 Å². The molecule has 6 nitrogen and oxygen atoms in total. The highest BCUT2D eigenvalue weighted by atomic mass is 35.5. The number of ether oxygens (including phenoxy) is 1. The van der Waals surface area contributed by atoms with Crippen molar-refractivity contribution in [2.24, 2.45) is 0 Å². The van der Waals surface area contributed by atoms with Crippen LogP contribution in [0.4, 0.5) is 5.69 Å². The number of fused-ring (bicyclic) bond motifs is 1. The van der Waals surface area contributed by atoms with Crippen LogP contribution in [0.25, 0.3) is 0 Å². The summed E-state index contributed by atoms with van der Waals surface area (Å²) in [5.41, 5.74) is 2.16. The second-order valence-corrected chi connectivity index (χ2v) is 10.9. The van der Waals surface area contributed by atoms with Crippen molar-refractivity contribution in [2.75, 3.05) is 4.72 Å². The van der Waals surface area contributed by atoms with E-state index in [1.54, 1.807) is 12.1 Å². The van der Waals surface area contributed by atoms with Crippen LogP contribution in [0.15, 0.2) is 71.6 Å². The number of para-hydroxylation sites is 1. The minimum atomic E-state index is -4.00. The molecule has 0 aliphatic carbocycles. The van der Waals surface area contributed by atoms with E-state index < -0.39 is 10.0 Å². The molecule has 0 spiro atoms. The lowest BCUT2D eigenvalue weighted by Gasteiger charge is -2.41. The van der Waals surface area contributed by atoms with Gasteiger partial charge in [-0.1, -0.05) is 61.3 Å². The molecule has 8 heteroatoms. The largest absolute Gasteiger partial charge is 0.487 e. The summed E-state index contributed by atoms with van der Waals surface area (Å²) in [5.74, 6) is 0.380. The summed E-state index contributed by atoms with van der Waals surface area (Å²) in [6.07, 6.45) is 2.23. The molecule has 0 saturated carbocycles. The number of sulfonamides is 1. The Balaban J connectivity index is 1.61. The molecule has 3 aromatic carbocycles. The zero-order valence-electron chi connectivity index (χ0n) is 20.0. The molecule has 2 N–H and O–H groups in total. The number of carbonyl (C=O) groups excluding carboxylic acids is 1. The number of hydrogen-bond acceptors (Lipinski definition) is 4. The Hall–Kier alpha value is -3.03. The van der Waals surface area contributed by atoms with Crippen LogP contribution in [-0.4, -0.2) is 19.9 Å². The average molecular weight is 513 g/mol. The van der Waals surface area contributed by atoms with Gasteiger partial charge in [-0.05, 0) is 56.2 Å². The molecule has 35 heavy (non-hydrogen) atoms. The number of hydrogen-bond donors (Lipinski definition) is 2. The van der Waals surface area contributed by atoms with Crippen LogP contribution >= 0.6 is 11.6 Å². The Kier molecular flexibility index (Phi) is 7.10. The first-order chi connectivity index (χ1) is 16.7. The summed E-state index contributed by atoms with van der Waals surface area (Å²) in [6, 6.07) is 18.6. The maximum atomic E-state index is 13.3. The molecular formula is C27H29ClN2O4S. The summed E-state index contributed by atoms with van der Waals surface area (Å²) >= 11 is 6.24. The van der Waals surface area contributed by atoms with Crippen LogP contribution in [0.5, 0.6) is 5.75 Å². The Morgan fingerprint density at radius 2 is 1.74 bits per heavy atom. The molecule has 3 aromatic rings. The van der Waals surface area contributed by atoms with Crippen LogP contribution in [0.3, 0.4) is 0 Å². The summed E-state index contributed by atoms with van der Waals surface area (Å²) < 4.78 is 35.0. The second kappa shape index (κ2) is 9.91. The van der Waals surface area contributed by atoms with Crippen molar-refractivity contribution < 1.29 is 17.9 Å². The van der Waals surface area contributed by atoms with Crippen molar-refractivity contribution >= 4 is 33.2 Å². The predicted molar refractivity (Wildman–Crippen MR) is 139 cm³/mol. The van der Waals surface area contributed by atoms with Gasteiger partial charge >= 0.3 is 0 Å². The van der Waals surface area contributed by atoms with Gasteiger partial charge in [0.05, 0.1) is 11.1 Å². The molecule has 0 saturated heterocycles. The first-order valence-corrected chi connectivity index (χ1v) is 13.5. The van der Waals surface area contributed by atoms with Gasteiger partial charge in [-0.15, -0.1) is 0 Å². The summed E-state index contributed by atoms with van der Waals surface area (Å²) in [4.78, 5) is 13.1. The Labute approximate surface area is 211 Å². The second-order valence-electron chi connectivity index (χ2n) is 8.88. The number of aryl methyl sites for hydroxylation is 1. The number of amides is 1. The maximum absolute atomic E-state index is 13.3. The molecular weight excluding hydrogens is 484 g/mol. The molecule has 0 radical (unpaired) electrons. The van der Waals surface area contributed by atoms with Crippen molar-refractivity contribution in [3.05, 3.63) is 88.4 Å². The third-order valence-corrected chi connectivity index (χ3v) is 8.44. The smallest absolute Gasteiger partial charge is 0.263 e. The molecule has 184 valence electrons. The topological polar surface area (TPSA) is 84.5 Å². The van der Waals surface area contributed by atoms with E-state index in [0.29, 0.717) is 12.1 Å².